The van der Waals surface area contributed by atoms with E-state index in [-0.39, 0.29) is 23.7 Å². The number of allylic oxidation sites excluding steroid dienone is 2. The summed E-state index contributed by atoms with van der Waals surface area (Å²) in [6.45, 7) is 0. The first-order valence-electron chi connectivity index (χ1n) is 8.65. The number of benzene rings is 2. The molecule has 0 aromatic heterocycles. The molecular weight excluding hydrogens is 366 g/mol. The van der Waals surface area contributed by atoms with Crippen LogP contribution in [0.5, 0.6) is 5.75 Å². The van der Waals surface area contributed by atoms with Crippen LogP contribution in [0, 0.1) is 11.8 Å². The molecule has 6 heteroatoms. The molecule has 2 aliphatic rings. The van der Waals surface area contributed by atoms with E-state index in [1.165, 1.54) is 4.90 Å². The Morgan fingerprint density at radius 3 is 2.00 bits per heavy atom. The van der Waals surface area contributed by atoms with Crippen molar-refractivity contribution in [3.63, 3.8) is 0 Å². The van der Waals surface area contributed by atoms with Gasteiger partial charge in [-0.2, -0.15) is 0 Å². The number of amides is 2. The molecule has 0 N–H and O–H groups in total. The largest absolute Gasteiger partial charge is 0.423 e. The fourth-order valence-electron chi connectivity index (χ4n) is 3.47. The quantitative estimate of drug-likeness (QED) is 0.349. The molecule has 0 radical (unpaired) electrons. The number of hydrogen-bond donors (Lipinski definition) is 0. The van der Waals surface area contributed by atoms with Gasteiger partial charge in [-0.1, -0.05) is 23.8 Å². The fraction of sp³-hybridized carbons (Fsp3) is 0.190. The second kappa shape index (κ2) is 7.00. The molecule has 5 nitrogen and oxygen atoms in total. The van der Waals surface area contributed by atoms with Gasteiger partial charge in [0.1, 0.15) is 5.75 Å². The van der Waals surface area contributed by atoms with E-state index in [1.54, 1.807) is 48.5 Å². The Balaban J connectivity index is 1.50. The summed E-state index contributed by atoms with van der Waals surface area (Å²) in [5, 5.41) is 0.551. The lowest BCUT2D eigenvalue weighted by Crippen LogP contribution is -2.30. The van der Waals surface area contributed by atoms with Gasteiger partial charge in [-0.05, 0) is 61.4 Å². The van der Waals surface area contributed by atoms with E-state index in [0.717, 1.165) is 0 Å². The molecule has 2 atom stereocenters. The molecule has 27 heavy (non-hydrogen) atoms. The number of anilines is 1. The summed E-state index contributed by atoms with van der Waals surface area (Å²) in [7, 11) is 0. The lowest BCUT2D eigenvalue weighted by molar-refractivity contribution is -0.122. The van der Waals surface area contributed by atoms with E-state index in [2.05, 4.69) is 0 Å². The first kappa shape index (κ1) is 17.5. The van der Waals surface area contributed by atoms with Crippen LogP contribution in [0.1, 0.15) is 23.2 Å². The van der Waals surface area contributed by atoms with Crippen molar-refractivity contribution in [1.82, 2.24) is 0 Å². The molecule has 2 amide bonds. The SMILES string of the molecule is O=C(Oc1ccc(Cl)cc1)c1ccc(N2C(=O)[C@H]3CC=CC[C@@H]3C2=O)cc1. The summed E-state index contributed by atoms with van der Waals surface area (Å²) in [5.41, 5.74) is 0.800. The molecule has 0 spiro atoms. The van der Waals surface area contributed by atoms with Crippen molar-refractivity contribution in [2.75, 3.05) is 4.90 Å². The van der Waals surface area contributed by atoms with Crippen LogP contribution in [0.2, 0.25) is 5.02 Å². The number of rotatable bonds is 3. The maximum Gasteiger partial charge on any atom is 0.343 e. The zero-order valence-electron chi connectivity index (χ0n) is 14.3. The molecule has 2 aromatic rings. The molecule has 1 heterocycles. The third-order valence-electron chi connectivity index (χ3n) is 4.89. The van der Waals surface area contributed by atoms with Gasteiger partial charge >= 0.3 is 5.97 Å². The Labute approximate surface area is 161 Å². The zero-order chi connectivity index (χ0) is 19.0. The number of carbonyl (C=O) groups is 3. The number of imide groups is 1. The highest BCUT2D eigenvalue weighted by Gasteiger charge is 2.47. The number of fused-ring (bicyclic) bond motifs is 1. The van der Waals surface area contributed by atoms with Gasteiger partial charge in [0.15, 0.2) is 0 Å². The molecule has 1 saturated heterocycles. The van der Waals surface area contributed by atoms with Gasteiger partial charge in [0.2, 0.25) is 11.8 Å². The Kier molecular flexibility index (Phi) is 4.54. The molecule has 2 aromatic carbocycles. The minimum atomic E-state index is -0.527. The molecule has 0 bridgehead atoms. The first-order valence-corrected chi connectivity index (χ1v) is 9.03. The van der Waals surface area contributed by atoms with Gasteiger partial charge in [-0.3, -0.25) is 14.5 Å². The van der Waals surface area contributed by atoms with Gasteiger partial charge in [-0.25, -0.2) is 4.79 Å². The smallest absolute Gasteiger partial charge is 0.343 e. The monoisotopic (exact) mass is 381 g/mol. The van der Waals surface area contributed by atoms with Gasteiger partial charge in [0, 0.05) is 5.02 Å². The predicted octanol–water partition coefficient (Wildman–Crippen LogP) is 4.01. The summed E-state index contributed by atoms with van der Waals surface area (Å²) in [4.78, 5) is 38.7. The molecule has 0 unspecified atom stereocenters. The van der Waals surface area contributed by atoms with E-state index < -0.39 is 5.97 Å². The van der Waals surface area contributed by atoms with Crippen molar-refractivity contribution < 1.29 is 19.1 Å². The standard InChI is InChI=1S/C21H16ClNO4/c22-14-7-11-16(12-8-14)27-21(26)13-5-9-15(10-6-13)23-19(24)17-3-1-2-4-18(17)20(23)25/h1-2,5-12,17-18H,3-4H2/t17-,18-/m0/s1. The van der Waals surface area contributed by atoms with E-state index in [9.17, 15) is 14.4 Å². The lowest BCUT2D eigenvalue weighted by Gasteiger charge is -2.15. The van der Waals surface area contributed by atoms with Crippen molar-refractivity contribution in [3.05, 3.63) is 71.3 Å². The Hall–Kier alpha value is -2.92. The average Bonchev–Trinajstić information content (AvgIpc) is 2.95. The van der Waals surface area contributed by atoms with E-state index in [0.29, 0.717) is 34.9 Å². The summed E-state index contributed by atoms with van der Waals surface area (Å²) in [6.07, 6.45) is 5.09. The number of halogens is 1. The number of carbonyl (C=O) groups excluding carboxylic acids is 3. The van der Waals surface area contributed by atoms with Crippen LogP contribution in [0.25, 0.3) is 0 Å². The van der Waals surface area contributed by atoms with E-state index in [4.69, 9.17) is 16.3 Å². The van der Waals surface area contributed by atoms with Crippen molar-refractivity contribution in [1.29, 1.82) is 0 Å². The number of nitrogens with zero attached hydrogens (tertiary/aromatic N) is 1. The minimum Gasteiger partial charge on any atom is -0.423 e. The van der Waals surface area contributed by atoms with Gasteiger partial charge in [0.05, 0.1) is 23.1 Å². The van der Waals surface area contributed by atoms with Crippen LogP contribution in [0.3, 0.4) is 0 Å². The van der Waals surface area contributed by atoms with Crippen molar-refractivity contribution in [2.24, 2.45) is 11.8 Å². The predicted molar refractivity (Wildman–Crippen MR) is 101 cm³/mol. The first-order chi connectivity index (χ1) is 13.0. The second-order valence-corrected chi connectivity index (χ2v) is 6.99. The van der Waals surface area contributed by atoms with Crippen LogP contribution in [-0.2, 0) is 9.59 Å². The summed E-state index contributed by atoms with van der Waals surface area (Å²) >= 11 is 5.81. The Morgan fingerprint density at radius 1 is 0.889 bits per heavy atom. The number of esters is 1. The normalized spacial score (nSPS) is 21.3. The molecule has 1 fully saturated rings. The highest BCUT2D eigenvalue weighted by atomic mass is 35.5. The summed E-state index contributed by atoms with van der Waals surface area (Å²) in [5.74, 6) is -1.05. The molecular formula is C21H16ClNO4. The highest BCUT2D eigenvalue weighted by molar-refractivity contribution is 6.30. The number of hydrogen-bond acceptors (Lipinski definition) is 4. The maximum atomic E-state index is 12.6. The average molecular weight is 382 g/mol. The summed E-state index contributed by atoms with van der Waals surface area (Å²) < 4.78 is 5.29. The maximum absolute atomic E-state index is 12.6. The van der Waals surface area contributed by atoms with Crippen LogP contribution < -0.4 is 9.64 Å². The molecule has 1 aliphatic carbocycles. The van der Waals surface area contributed by atoms with Crippen molar-refractivity contribution >= 4 is 35.1 Å². The molecule has 1 aliphatic heterocycles. The van der Waals surface area contributed by atoms with Gasteiger partial charge in [0.25, 0.3) is 0 Å². The minimum absolute atomic E-state index is 0.175. The van der Waals surface area contributed by atoms with Crippen molar-refractivity contribution in [3.8, 4) is 5.75 Å². The fourth-order valence-corrected chi connectivity index (χ4v) is 3.60. The van der Waals surface area contributed by atoms with Gasteiger partial charge in [-0.15, -0.1) is 0 Å². The molecule has 4 rings (SSSR count). The topological polar surface area (TPSA) is 63.7 Å². The Bertz CT molecular complexity index is 908. The van der Waals surface area contributed by atoms with Crippen LogP contribution in [0.15, 0.2) is 60.7 Å². The molecule has 0 saturated carbocycles. The number of ether oxygens (including phenoxy) is 1. The summed E-state index contributed by atoms with van der Waals surface area (Å²) in [6, 6.07) is 12.8. The van der Waals surface area contributed by atoms with E-state index >= 15 is 0 Å². The van der Waals surface area contributed by atoms with Crippen LogP contribution in [0.4, 0.5) is 5.69 Å². The molecule has 136 valence electrons. The third kappa shape index (κ3) is 3.26. The highest BCUT2D eigenvalue weighted by Crippen LogP contribution is 2.37. The van der Waals surface area contributed by atoms with Crippen molar-refractivity contribution in [2.45, 2.75) is 12.8 Å². The third-order valence-corrected chi connectivity index (χ3v) is 5.14. The van der Waals surface area contributed by atoms with Crippen LogP contribution in [-0.4, -0.2) is 17.8 Å². The van der Waals surface area contributed by atoms with E-state index in [1.807, 2.05) is 12.2 Å². The second-order valence-electron chi connectivity index (χ2n) is 6.56. The lowest BCUT2D eigenvalue weighted by atomic mass is 9.85. The van der Waals surface area contributed by atoms with Crippen LogP contribution >= 0.6 is 11.6 Å². The Morgan fingerprint density at radius 2 is 1.44 bits per heavy atom. The van der Waals surface area contributed by atoms with Gasteiger partial charge < -0.3 is 4.74 Å². The zero-order valence-corrected chi connectivity index (χ0v) is 15.1.